The monoisotopic (exact) mass is 324 g/mol. The van der Waals surface area contributed by atoms with Gasteiger partial charge in [0.15, 0.2) is 0 Å². The van der Waals surface area contributed by atoms with Gasteiger partial charge in [-0.05, 0) is 41.7 Å². The van der Waals surface area contributed by atoms with Crippen molar-refractivity contribution in [3.05, 3.63) is 102 Å². The van der Waals surface area contributed by atoms with Gasteiger partial charge in [-0.15, -0.1) is 0 Å². The minimum absolute atomic E-state index is 0.894. The molecular weight excluding hydrogens is 304 g/mol. The average molecular weight is 324 g/mol. The molecule has 1 heterocycles. The number of imidazole rings is 1. The highest BCUT2D eigenvalue weighted by molar-refractivity contribution is 5.65. The number of nitrogens with zero attached hydrogens (tertiary/aromatic N) is 1. The minimum atomic E-state index is 0.894. The molecule has 0 spiro atoms. The summed E-state index contributed by atoms with van der Waals surface area (Å²) in [5, 5.41) is 0. The highest BCUT2D eigenvalue weighted by Gasteiger charge is 2.09. The first-order chi connectivity index (χ1) is 12.3. The van der Waals surface area contributed by atoms with E-state index in [0.717, 1.165) is 12.2 Å². The molecule has 0 atom stereocenters. The van der Waals surface area contributed by atoms with E-state index < -0.39 is 0 Å². The van der Waals surface area contributed by atoms with Crippen molar-refractivity contribution < 1.29 is 0 Å². The standard InChI is InChI=1S/C23H20N2/c1-17-7-10-21(22(15-17)23-24-13-14-25-23)16-18-8-11-20(12-9-18)19-5-3-2-4-6-19/h2-15H,16H2,1H3,(H,24,25). The summed E-state index contributed by atoms with van der Waals surface area (Å²) in [6, 6.07) is 25.9. The van der Waals surface area contributed by atoms with E-state index in [9.17, 15) is 0 Å². The third kappa shape index (κ3) is 3.38. The summed E-state index contributed by atoms with van der Waals surface area (Å²) < 4.78 is 0. The molecule has 0 fully saturated rings. The molecule has 1 N–H and O–H groups in total. The number of hydrogen-bond acceptors (Lipinski definition) is 1. The second-order valence-electron chi connectivity index (χ2n) is 6.34. The van der Waals surface area contributed by atoms with Crippen LogP contribution in [-0.2, 0) is 6.42 Å². The predicted octanol–water partition coefficient (Wildman–Crippen LogP) is 5.64. The first kappa shape index (κ1) is 15.4. The molecule has 0 saturated heterocycles. The lowest BCUT2D eigenvalue weighted by atomic mass is 9.96. The molecular formula is C23H20N2. The third-order valence-corrected chi connectivity index (χ3v) is 4.47. The number of rotatable bonds is 4. The lowest BCUT2D eigenvalue weighted by Gasteiger charge is -2.10. The maximum atomic E-state index is 4.43. The van der Waals surface area contributed by atoms with Crippen LogP contribution in [0.1, 0.15) is 16.7 Å². The zero-order valence-corrected chi connectivity index (χ0v) is 14.2. The fraction of sp³-hybridized carbons (Fsp3) is 0.0870. The van der Waals surface area contributed by atoms with Gasteiger partial charge in [-0.3, -0.25) is 0 Å². The molecule has 2 heteroatoms. The Morgan fingerprint density at radius 1 is 0.840 bits per heavy atom. The number of aromatic nitrogens is 2. The van der Waals surface area contributed by atoms with Crippen molar-refractivity contribution in [2.45, 2.75) is 13.3 Å². The van der Waals surface area contributed by atoms with E-state index in [1.807, 2.05) is 12.3 Å². The number of hydrogen-bond donors (Lipinski definition) is 1. The van der Waals surface area contributed by atoms with Gasteiger partial charge in [0.05, 0.1) is 0 Å². The molecule has 122 valence electrons. The van der Waals surface area contributed by atoms with Crippen LogP contribution in [0.25, 0.3) is 22.5 Å². The molecule has 0 radical (unpaired) electrons. The van der Waals surface area contributed by atoms with Gasteiger partial charge in [0.2, 0.25) is 0 Å². The Morgan fingerprint density at radius 2 is 1.60 bits per heavy atom. The Bertz CT molecular complexity index is 953. The van der Waals surface area contributed by atoms with Crippen molar-refractivity contribution in [2.75, 3.05) is 0 Å². The summed E-state index contributed by atoms with van der Waals surface area (Å²) in [5.74, 6) is 0.930. The Kier molecular flexibility index (Phi) is 4.17. The minimum Gasteiger partial charge on any atom is -0.345 e. The van der Waals surface area contributed by atoms with Crippen molar-refractivity contribution in [1.82, 2.24) is 9.97 Å². The molecule has 4 aromatic rings. The third-order valence-electron chi connectivity index (χ3n) is 4.47. The SMILES string of the molecule is Cc1ccc(Cc2ccc(-c3ccccc3)cc2)c(-c2ncc[nH]2)c1. The van der Waals surface area contributed by atoms with E-state index in [1.54, 1.807) is 6.20 Å². The van der Waals surface area contributed by atoms with Crippen LogP contribution in [0.3, 0.4) is 0 Å². The second kappa shape index (κ2) is 6.78. The van der Waals surface area contributed by atoms with E-state index in [0.29, 0.717) is 0 Å². The number of benzene rings is 3. The Labute approximate surface area is 148 Å². The van der Waals surface area contributed by atoms with Crippen LogP contribution in [0.5, 0.6) is 0 Å². The molecule has 0 amide bonds. The van der Waals surface area contributed by atoms with Crippen LogP contribution >= 0.6 is 0 Å². The quantitative estimate of drug-likeness (QED) is 0.517. The summed E-state index contributed by atoms with van der Waals surface area (Å²) in [6.07, 6.45) is 4.57. The van der Waals surface area contributed by atoms with Crippen molar-refractivity contribution in [3.8, 4) is 22.5 Å². The molecule has 0 aliphatic carbocycles. The summed E-state index contributed by atoms with van der Waals surface area (Å²) >= 11 is 0. The Balaban J connectivity index is 1.63. The lowest BCUT2D eigenvalue weighted by molar-refractivity contribution is 1.17. The zero-order chi connectivity index (χ0) is 17.1. The van der Waals surface area contributed by atoms with Gasteiger partial charge in [-0.1, -0.05) is 72.3 Å². The normalized spacial score (nSPS) is 10.8. The van der Waals surface area contributed by atoms with Gasteiger partial charge < -0.3 is 4.98 Å². The smallest absolute Gasteiger partial charge is 0.137 e. The zero-order valence-electron chi connectivity index (χ0n) is 14.2. The van der Waals surface area contributed by atoms with Gasteiger partial charge in [-0.2, -0.15) is 0 Å². The van der Waals surface area contributed by atoms with E-state index >= 15 is 0 Å². The first-order valence-corrected chi connectivity index (χ1v) is 8.53. The van der Waals surface area contributed by atoms with Crippen LogP contribution < -0.4 is 0 Å². The number of H-pyrrole nitrogens is 1. The summed E-state index contributed by atoms with van der Waals surface area (Å²) in [6.45, 7) is 2.12. The molecule has 0 aliphatic heterocycles. The fourth-order valence-corrected chi connectivity index (χ4v) is 3.14. The van der Waals surface area contributed by atoms with Gasteiger partial charge in [-0.25, -0.2) is 4.98 Å². The Hall–Kier alpha value is -3.13. The summed E-state index contributed by atoms with van der Waals surface area (Å²) in [5.41, 5.74) is 7.51. The topological polar surface area (TPSA) is 28.7 Å². The Morgan fingerprint density at radius 3 is 2.32 bits per heavy atom. The second-order valence-corrected chi connectivity index (χ2v) is 6.34. The summed E-state index contributed by atoms with van der Waals surface area (Å²) in [4.78, 5) is 7.65. The number of aryl methyl sites for hydroxylation is 1. The lowest BCUT2D eigenvalue weighted by Crippen LogP contribution is -1.94. The molecule has 1 aromatic heterocycles. The molecule has 2 nitrogen and oxygen atoms in total. The number of nitrogens with one attached hydrogen (secondary N) is 1. The molecule has 4 rings (SSSR count). The maximum Gasteiger partial charge on any atom is 0.137 e. The van der Waals surface area contributed by atoms with Crippen molar-refractivity contribution in [2.24, 2.45) is 0 Å². The molecule has 0 saturated carbocycles. The maximum absolute atomic E-state index is 4.43. The molecule has 3 aromatic carbocycles. The van der Waals surface area contributed by atoms with E-state index in [4.69, 9.17) is 0 Å². The highest BCUT2D eigenvalue weighted by atomic mass is 14.9. The van der Waals surface area contributed by atoms with Gasteiger partial charge in [0.1, 0.15) is 5.82 Å². The van der Waals surface area contributed by atoms with E-state index in [1.165, 1.54) is 33.4 Å². The fourth-order valence-electron chi connectivity index (χ4n) is 3.14. The molecule has 25 heavy (non-hydrogen) atoms. The molecule has 0 bridgehead atoms. The van der Waals surface area contributed by atoms with Gasteiger partial charge in [0, 0.05) is 18.0 Å². The van der Waals surface area contributed by atoms with Crippen LogP contribution in [0.4, 0.5) is 0 Å². The van der Waals surface area contributed by atoms with Crippen molar-refractivity contribution in [1.29, 1.82) is 0 Å². The predicted molar refractivity (Wildman–Crippen MR) is 103 cm³/mol. The average Bonchev–Trinajstić information content (AvgIpc) is 3.19. The molecule has 0 unspecified atom stereocenters. The van der Waals surface area contributed by atoms with Crippen LogP contribution in [0, 0.1) is 6.92 Å². The first-order valence-electron chi connectivity index (χ1n) is 8.53. The van der Waals surface area contributed by atoms with Crippen LogP contribution in [0.2, 0.25) is 0 Å². The van der Waals surface area contributed by atoms with Crippen molar-refractivity contribution >= 4 is 0 Å². The van der Waals surface area contributed by atoms with E-state index in [2.05, 4.69) is 83.6 Å². The molecule has 0 aliphatic rings. The van der Waals surface area contributed by atoms with Crippen LogP contribution in [0.15, 0.2) is 85.2 Å². The van der Waals surface area contributed by atoms with Crippen molar-refractivity contribution in [3.63, 3.8) is 0 Å². The largest absolute Gasteiger partial charge is 0.345 e. The van der Waals surface area contributed by atoms with Crippen LogP contribution in [-0.4, -0.2) is 9.97 Å². The summed E-state index contributed by atoms with van der Waals surface area (Å²) in [7, 11) is 0. The van der Waals surface area contributed by atoms with Gasteiger partial charge >= 0.3 is 0 Å². The number of aromatic amines is 1. The highest BCUT2D eigenvalue weighted by Crippen LogP contribution is 2.25. The van der Waals surface area contributed by atoms with E-state index in [-0.39, 0.29) is 0 Å². The van der Waals surface area contributed by atoms with Gasteiger partial charge in [0.25, 0.3) is 0 Å².